The third kappa shape index (κ3) is 4.54. The SMILES string of the molecule is COc1ccc2[nH]cc(C(CNC(C)=O)n3c(O)c(N=NC(=O)c4ccccc4)c4ccccc43)c2c1. The molecule has 37 heavy (non-hydrogen) atoms. The Morgan fingerprint density at radius 3 is 2.57 bits per heavy atom. The third-order valence-electron chi connectivity index (χ3n) is 6.26. The van der Waals surface area contributed by atoms with Gasteiger partial charge in [0.1, 0.15) is 5.75 Å². The molecule has 3 aromatic carbocycles. The molecular formula is C28H25N5O4. The molecule has 2 amide bonds. The van der Waals surface area contributed by atoms with Crippen molar-refractivity contribution in [1.82, 2.24) is 14.9 Å². The van der Waals surface area contributed by atoms with Gasteiger partial charge in [0.2, 0.25) is 11.8 Å². The van der Waals surface area contributed by atoms with Gasteiger partial charge in [-0.1, -0.05) is 36.4 Å². The maximum atomic E-state index is 12.6. The zero-order valence-electron chi connectivity index (χ0n) is 20.3. The van der Waals surface area contributed by atoms with Gasteiger partial charge in [-0.05, 0) is 36.4 Å². The van der Waals surface area contributed by atoms with Crippen LogP contribution in [-0.4, -0.2) is 40.1 Å². The predicted octanol–water partition coefficient (Wildman–Crippen LogP) is 5.49. The highest BCUT2D eigenvalue weighted by atomic mass is 16.5. The molecule has 1 unspecified atom stereocenters. The number of rotatable bonds is 7. The van der Waals surface area contributed by atoms with Crippen LogP contribution in [0.4, 0.5) is 5.69 Å². The van der Waals surface area contributed by atoms with Crippen LogP contribution in [-0.2, 0) is 4.79 Å². The molecule has 0 saturated heterocycles. The van der Waals surface area contributed by atoms with Gasteiger partial charge in [-0.3, -0.25) is 9.59 Å². The molecule has 0 aliphatic heterocycles. The number of carbonyl (C=O) groups excluding carboxylic acids is 2. The normalized spacial score (nSPS) is 12.3. The standard InChI is InChI=1S/C28H25N5O4/c1-17(34)29-16-25(22-15-30-23-13-12-19(37-2)14-21(22)23)33-24-11-7-6-10-20(24)26(28(33)36)31-32-27(35)18-8-4-3-5-9-18/h3-15,25,30,36H,16H2,1-2H3,(H,29,34). The molecule has 3 N–H and O–H groups in total. The number of ether oxygens (including phenoxy) is 1. The van der Waals surface area contributed by atoms with E-state index >= 15 is 0 Å². The summed E-state index contributed by atoms with van der Waals surface area (Å²) in [5, 5.41) is 23.9. The molecule has 0 bridgehead atoms. The molecule has 2 heterocycles. The molecule has 5 rings (SSSR count). The molecule has 0 fully saturated rings. The van der Waals surface area contributed by atoms with Crippen molar-refractivity contribution in [2.75, 3.05) is 13.7 Å². The molecule has 0 spiro atoms. The van der Waals surface area contributed by atoms with Gasteiger partial charge in [-0.2, -0.15) is 0 Å². The van der Waals surface area contributed by atoms with E-state index in [4.69, 9.17) is 4.74 Å². The monoisotopic (exact) mass is 495 g/mol. The molecule has 5 aromatic rings. The molecule has 9 heteroatoms. The van der Waals surface area contributed by atoms with Crippen LogP contribution in [0.15, 0.2) is 89.2 Å². The Kier molecular flexibility index (Phi) is 6.42. The van der Waals surface area contributed by atoms with Gasteiger partial charge in [-0.15, -0.1) is 10.2 Å². The number of methoxy groups -OCH3 is 1. The van der Waals surface area contributed by atoms with Crippen molar-refractivity contribution in [2.45, 2.75) is 13.0 Å². The van der Waals surface area contributed by atoms with E-state index in [0.29, 0.717) is 22.2 Å². The minimum Gasteiger partial charge on any atom is -0.497 e. The first-order valence-electron chi connectivity index (χ1n) is 11.7. The van der Waals surface area contributed by atoms with Gasteiger partial charge < -0.3 is 24.7 Å². The molecule has 1 atom stereocenters. The smallest absolute Gasteiger partial charge is 0.295 e. The Hall–Kier alpha value is -4.92. The number of azo groups is 1. The van der Waals surface area contributed by atoms with Crippen LogP contribution in [0.5, 0.6) is 11.6 Å². The Bertz CT molecular complexity index is 1630. The molecule has 0 radical (unpaired) electrons. The minimum absolute atomic E-state index is 0.168. The second-order valence-electron chi connectivity index (χ2n) is 8.54. The molecule has 2 aromatic heterocycles. The van der Waals surface area contributed by atoms with Crippen LogP contribution in [0.25, 0.3) is 21.8 Å². The van der Waals surface area contributed by atoms with Crippen molar-refractivity contribution >= 4 is 39.3 Å². The van der Waals surface area contributed by atoms with Crippen molar-refractivity contribution in [3.8, 4) is 11.6 Å². The number of fused-ring (bicyclic) bond motifs is 2. The number of hydrogen-bond acceptors (Lipinski definition) is 5. The van der Waals surface area contributed by atoms with Crippen molar-refractivity contribution in [3.05, 3.63) is 90.1 Å². The summed E-state index contributed by atoms with van der Waals surface area (Å²) in [6.07, 6.45) is 1.85. The number of aromatic hydroxyl groups is 1. The zero-order valence-corrected chi connectivity index (χ0v) is 20.3. The fraction of sp³-hybridized carbons (Fsp3) is 0.143. The fourth-order valence-electron chi connectivity index (χ4n) is 4.49. The molecule has 0 saturated carbocycles. The van der Waals surface area contributed by atoms with E-state index in [2.05, 4.69) is 20.5 Å². The van der Waals surface area contributed by atoms with Crippen molar-refractivity contribution in [2.24, 2.45) is 10.2 Å². The van der Waals surface area contributed by atoms with E-state index in [1.165, 1.54) is 6.92 Å². The van der Waals surface area contributed by atoms with E-state index in [0.717, 1.165) is 16.5 Å². The topological polar surface area (TPSA) is 121 Å². The van der Waals surface area contributed by atoms with E-state index in [-0.39, 0.29) is 24.0 Å². The van der Waals surface area contributed by atoms with Gasteiger partial charge in [0.15, 0.2) is 5.69 Å². The maximum Gasteiger partial charge on any atom is 0.295 e. The van der Waals surface area contributed by atoms with Crippen LogP contribution in [0.3, 0.4) is 0 Å². The van der Waals surface area contributed by atoms with Crippen molar-refractivity contribution in [1.29, 1.82) is 0 Å². The first-order valence-corrected chi connectivity index (χ1v) is 11.7. The highest BCUT2D eigenvalue weighted by Crippen LogP contribution is 2.43. The largest absolute Gasteiger partial charge is 0.497 e. The summed E-state index contributed by atoms with van der Waals surface area (Å²) in [6.45, 7) is 1.64. The van der Waals surface area contributed by atoms with E-state index in [1.54, 1.807) is 42.0 Å². The summed E-state index contributed by atoms with van der Waals surface area (Å²) in [6, 6.07) is 21.1. The lowest BCUT2D eigenvalue weighted by Gasteiger charge is -2.21. The van der Waals surface area contributed by atoms with Gasteiger partial charge >= 0.3 is 0 Å². The highest BCUT2D eigenvalue weighted by Gasteiger charge is 2.26. The number of amides is 2. The molecule has 186 valence electrons. The van der Waals surface area contributed by atoms with Crippen molar-refractivity contribution < 1.29 is 19.4 Å². The quantitative estimate of drug-likeness (QED) is 0.259. The highest BCUT2D eigenvalue weighted by molar-refractivity contribution is 5.98. The fourth-order valence-corrected chi connectivity index (χ4v) is 4.49. The molecule has 9 nitrogen and oxygen atoms in total. The molecule has 0 aliphatic carbocycles. The summed E-state index contributed by atoms with van der Waals surface area (Å²) < 4.78 is 7.12. The summed E-state index contributed by atoms with van der Waals surface area (Å²) in [5.74, 6) is -0.206. The summed E-state index contributed by atoms with van der Waals surface area (Å²) >= 11 is 0. The van der Waals surface area contributed by atoms with E-state index < -0.39 is 11.9 Å². The average molecular weight is 496 g/mol. The maximum absolute atomic E-state index is 12.6. The number of nitrogens with one attached hydrogen (secondary N) is 2. The number of benzene rings is 3. The Balaban J connectivity index is 1.66. The second-order valence-corrected chi connectivity index (χ2v) is 8.54. The molecular weight excluding hydrogens is 470 g/mol. The van der Waals surface area contributed by atoms with Crippen LogP contribution < -0.4 is 10.1 Å². The van der Waals surface area contributed by atoms with Crippen LogP contribution >= 0.6 is 0 Å². The zero-order chi connectivity index (χ0) is 25.9. The van der Waals surface area contributed by atoms with Crippen molar-refractivity contribution in [3.63, 3.8) is 0 Å². The second kappa shape index (κ2) is 9.98. The van der Waals surface area contributed by atoms with E-state index in [9.17, 15) is 14.7 Å². The number of aromatic amines is 1. The predicted molar refractivity (Wildman–Crippen MR) is 141 cm³/mol. The van der Waals surface area contributed by atoms with E-state index in [1.807, 2.05) is 48.7 Å². The Morgan fingerprint density at radius 1 is 1.05 bits per heavy atom. The number of nitrogens with zero attached hydrogens (tertiary/aromatic N) is 3. The Labute approximate surface area is 212 Å². The number of H-pyrrole nitrogens is 1. The lowest BCUT2D eigenvalue weighted by Crippen LogP contribution is -2.29. The minimum atomic E-state index is -0.518. The van der Waals surface area contributed by atoms with Gasteiger partial charge in [0.25, 0.3) is 5.91 Å². The first-order chi connectivity index (χ1) is 18.0. The summed E-state index contributed by atoms with van der Waals surface area (Å²) in [7, 11) is 1.60. The first kappa shape index (κ1) is 23.8. The number of para-hydroxylation sites is 1. The molecule has 0 aliphatic rings. The average Bonchev–Trinajstić information content (AvgIpc) is 3.46. The number of carbonyl (C=O) groups is 2. The van der Waals surface area contributed by atoms with Gasteiger partial charge in [-0.25, -0.2) is 0 Å². The number of hydrogen-bond donors (Lipinski definition) is 3. The van der Waals surface area contributed by atoms with Gasteiger partial charge in [0.05, 0.1) is 18.7 Å². The van der Waals surface area contributed by atoms with Crippen LogP contribution in [0.1, 0.15) is 28.9 Å². The van der Waals surface area contributed by atoms with Crippen LogP contribution in [0.2, 0.25) is 0 Å². The lowest BCUT2D eigenvalue weighted by atomic mass is 10.0. The Morgan fingerprint density at radius 2 is 1.81 bits per heavy atom. The summed E-state index contributed by atoms with van der Waals surface area (Å²) in [4.78, 5) is 27.7. The lowest BCUT2D eigenvalue weighted by molar-refractivity contribution is -0.119. The number of aromatic nitrogens is 2. The third-order valence-corrected chi connectivity index (χ3v) is 6.26. The summed E-state index contributed by atoms with van der Waals surface area (Å²) in [5.41, 5.74) is 2.96. The van der Waals surface area contributed by atoms with Gasteiger partial charge in [0, 0.05) is 47.1 Å². The van der Waals surface area contributed by atoms with Crippen LogP contribution in [0, 0.1) is 0 Å².